The van der Waals surface area contributed by atoms with Crippen LogP contribution >= 0.6 is 11.3 Å². The second-order valence-corrected chi connectivity index (χ2v) is 6.31. The number of benzene rings is 2. The summed E-state index contributed by atoms with van der Waals surface area (Å²) in [4.78, 5) is 6.85. The Hall–Kier alpha value is -2.27. The lowest BCUT2D eigenvalue weighted by molar-refractivity contribution is 0.171. The molecule has 0 bridgehead atoms. The average Bonchev–Trinajstić information content (AvgIpc) is 2.99. The van der Waals surface area contributed by atoms with E-state index in [1.807, 2.05) is 24.3 Å². The SMILES string of the molecule is CN(Cc1ccc2c(c1)OCCO2)c1nc2ccccc2s1. The maximum absolute atomic E-state index is 5.64. The monoisotopic (exact) mass is 312 g/mol. The lowest BCUT2D eigenvalue weighted by Crippen LogP contribution is -2.18. The van der Waals surface area contributed by atoms with Crippen LogP contribution in [0.4, 0.5) is 5.13 Å². The van der Waals surface area contributed by atoms with Gasteiger partial charge in [0.1, 0.15) is 13.2 Å². The lowest BCUT2D eigenvalue weighted by atomic mass is 10.2. The molecule has 4 rings (SSSR count). The molecule has 0 fully saturated rings. The third-order valence-electron chi connectivity index (χ3n) is 3.64. The Balaban J connectivity index is 1.57. The molecule has 0 spiro atoms. The van der Waals surface area contributed by atoms with Crippen molar-refractivity contribution in [2.24, 2.45) is 0 Å². The number of fused-ring (bicyclic) bond motifs is 2. The standard InChI is InChI=1S/C17H16N2O2S/c1-19(17-18-13-4-2-3-5-16(13)22-17)11-12-6-7-14-15(10-12)21-9-8-20-14/h2-7,10H,8-9,11H2,1H3. The van der Waals surface area contributed by atoms with Crippen LogP contribution in [0.1, 0.15) is 5.56 Å². The molecule has 3 aromatic rings. The molecule has 112 valence electrons. The molecule has 22 heavy (non-hydrogen) atoms. The first-order valence-electron chi connectivity index (χ1n) is 7.25. The number of para-hydroxylation sites is 1. The summed E-state index contributed by atoms with van der Waals surface area (Å²) in [6.45, 7) is 2.03. The van der Waals surface area contributed by atoms with E-state index in [0.29, 0.717) is 13.2 Å². The largest absolute Gasteiger partial charge is 0.486 e. The Morgan fingerprint density at radius 3 is 2.77 bits per heavy atom. The molecule has 2 aromatic carbocycles. The molecule has 0 saturated heterocycles. The van der Waals surface area contributed by atoms with Crippen LogP contribution in [-0.4, -0.2) is 25.2 Å². The van der Waals surface area contributed by atoms with Crippen molar-refractivity contribution < 1.29 is 9.47 Å². The van der Waals surface area contributed by atoms with Crippen LogP contribution < -0.4 is 14.4 Å². The van der Waals surface area contributed by atoms with Gasteiger partial charge in [-0.3, -0.25) is 0 Å². The van der Waals surface area contributed by atoms with Crippen LogP contribution in [0, 0.1) is 0 Å². The molecule has 0 amide bonds. The molecule has 0 N–H and O–H groups in total. The summed E-state index contributed by atoms with van der Waals surface area (Å²) in [7, 11) is 2.06. The molecule has 1 aromatic heterocycles. The highest BCUT2D eigenvalue weighted by Crippen LogP contribution is 2.32. The van der Waals surface area contributed by atoms with Crippen LogP contribution in [0.25, 0.3) is 10.2 Å². The van der Waals surface area contributed by atoms with E-state index in [0.717, 1.165) is 28.7 Å². The van der Waals surface area contributed by atoms with E-state index in [-0.39, 0.29) is 0 Å². The van der Waals surface area contributed by atoms with Crippen molar-refractivity contribution in [3.8, 4) is 11.5 Å². The van der Waals surface area contributed by atoms with E-state index >= 15 is 0 Å². The Bertz CT molecular complexity index is 782. The van der Waals surface area contributed by atoms with Crippen LogP contribution in [0.2, 0.25) is 0 Å². The summed E-state index contributed by atoms with van der Waals surface area (Å²) < 4.78 is 12.4. The molecule has 0 unspecified atom stereocenters. The second-order valence-electron chi connectivity index (χ2n) is 5.30. The van der Waals surface area contributed by atoms with E-state index in [1.54, 1.807) is 11.3 Å². The van der Waals surface area contributed by atoms with Crippen LogP contribution in [0.15, 0.2) is 42.5 Å². The van der Waals surface area contributed by atoms with Crippen molar-refractivity contribution in [3.05, 3.63) is 48.0 Å². The molecule has 2 heterocycles. The van der Waals surface area contributed by atoms with Gasteiger partial charge in [-0.2, -0.15) is 0 Å². The zero-order valence-corrected chi connectivity index (χ0v) is 13.1. The van der Waals surface area contributed by atoms with Gasteiger partial charge in [0.15, 0.2) is 16.6 Å². The fourth-order valence-electron chi connectivity index (χ4n) is 2.55. The summed E-state index contributed by atoms with van der Waals surface area (Å²) in [6.07, 6.45) is 0. The highest BCUT2D eigenvalue weighted by atomic mass is 32.1. The van der Waals surface area contributed by atoms with Crippen molar-refractivity contribution in [2.45, 2.75) is 6.54 Å². The number of hydrogen-bond donors (Lipinski definition) is 0. The zero-order chi connectivity index (χ0) is 14.9. The number of hydrogen-bond acceptors (Lipinski definition) is 5. The highest BCUT2D eigenvalue weighted by molar-refractivity contribution is 7.22. The second kappa shape index (κ2) is 5.50. The van der Waals surface area contributed by atoms with Gasteiger partial charge in [-0.05, 0) is 29.8 Å². The molecular weight excluding hydrogens is 296 g/mol. The molecule has 0 aliphatic carbocycles. The fraction of sp³-hybridized carbons (Fsp3) is 0.235. The first-order valence-corrected chi connectivity index (χ1v) is 8.06. The van der Waals surface area contributed by atoms with Crippen LogP contribution in [0.3, 0.4) is 0 Å². The maximum atomic E-state index is 5.64. The highest BCUT2D eigenvalue weighted by Gasteiger charge is 2.13. The smallest absolute Gasteiger partial charge is 0.186 e. The van der Waals surface area contributed by atoms with Gasteiger partial charge in [-0.1, -0.05) is 29.5 Å². The van der Waals surface area contributed by atoms with E-state index in [2.05, 4.69) is 35.1 Å². The number of aromatic nitrogens is 1. The van der Waals surface area contributed by atoms with Gasteiger partial charge in [0.05, 0.1) is 10.2 Å². The van der Waals surface area contributed by atoms with E-state index < -0.39 is 0 Å². The fourth-order valence-corrected chi connectivity index (χ4v) is 3.48. The normalized spacial score (nSPS) is 13.3. The minimum atomic E-state index is 0.615. The van der Waals surface area contributed by atoms with Crippen LogP contribution in [0.5, 0.6) is 11.5 Å². The topological polar surface area (TPSA) is 34.6 Å². The quantitative estimate of drug-likeness (QED) is 0.738. The Morgan fingerprint density at radius 2 is 1.91 bits per heavy atom. The summed E-state index contributed by atoms with van der Waals surface area (Å²) in [5.74, 6) is 1.67. The summed E-state index contributed by atoms with van der Waals surface area (Å²) in [5, 5.41) is 1.02. The molecule has 5 heteroatoms. The molecule has 0 atom stereocenters. The van der Waals surface area contributed by atoms with Crippen LogP contribution in [-0.2, 0) is 6.54 Å². The third-order valence-corrected chi connectivity index (χ3v) is 4.79. The lowest BCUT2D eigenvalue weighted by Gasteiger charge is -2.20. The van der Waals surface area contributed by atoms with Gasteiger partial charge in [0.2, 0.25) is 0 Å². The molecule has 0 radical (unpaired) electrons. The van der Waals surface area contributed by atoms with Gasteiger partial charge in [-0.15, -0.1) is 0 Å². The first kappa shape index (κ1) is 13.4. The number of thiazole rings is 1. The summed E-state index contributed by atoms with van der Waals surface area (Å²) in [6, 6.07) is 14.3. The molecule has 0 saturated carbocycles. The Labute approximate surface area is 132 Å². The summed E-state index contributed by atoms with van der Waals surface area (Å²) in [5.41, 5.74) is 2.24. The third kappa shape index (κ3) is 2.48. The van der Waals surface area contributed by atoms with E-state index in [4.69, 9.17) is 9.47 Å². The van der Waals surface area contributed by atoms with Gasteiger partial charge in [0.25, 0.3) is 0 Å². The molecular formula is C17H16N2O2S. The van der Waals surface area contributed by atoms with Crippen molar-refractivity contribution in [2.75, 3.05) is 25.2 Å². The first-order chi connectivity index (χ1) is 10.8. The van der Waals surface area contributed by atoms with Gasteiger partial charge in [-0.25, -0.2) is 4.98 Å². The molecule has 4 nitrogen and oxygen atoms in total. The number of nitrogens with zero attached hydrogens (tertiary/aromatic N) is 2. The number of rotatable bonds is 3. The number of ether oxygens (including phenoxy) is 2. The predicted octanol–water partition coefficient (Wildman–Crippen LogP) is 3.70. The van der Waals surface area contributed by atoms with Crippen molar-refractivity contribution in [3.63, 3.8) is 0 Å². The molecule has 1 aliphatic heterocycles. The van der Waals surface area contributed by atoms with Crippen molar-refractivity contribution >= 4 is 26.7 Å². The minimum Gasteiger partial charge on any atom is -0.486 e. The Morgan fingerprint density at radius 1 is 1.09 bits per heavy atom. The number of anilines is 1. The van der Waals surface area contributed by atoms with Gasteiger partial charge in [0, 0.05) is 13.6 Å². The predicted molar refractivity (Wildman–Crippen MR) is 89.2 cm³/mol. The average molecular weight is 312 g/mol. The van der Waals surface area contributed by atoms with Gasteiger partial charge >= 0.3 is 0 Å². The molecule has 1 aliphatic rings. The maximum Gasteiger partial charge on any atom is 0.186 e. The van der Waals surface area contributed by atoms with Gasteiger partial charge < -0.3 is 14.4 Å². The minimum absolute atomic E-state index is 0.615. The Kier molecular flexibility index (Phi) is 3.35. The van der Waals surface area contributed by atoms with E-state index in [1.165, 1.54) is 10.3 Å². The van der Waals surface area contributed by atoms with Crippen molar-refractivity contribution in [1.29, 1.82) is 0 Å². The van der Waals surface area contributed by atoms with Crippen molar-refractivity contribution in [1.82, 2.24) is 4.98 Å². The zero-order valence-electron chi connectivity index (χ0n) is 12.3. The summed E-state index contributed by atoms with van der Waals surface area (Å²) >= 11 is 1.71. The van der Waals surface area contributed by atoms with E-state index in [9.17, 15) is 0 Å².